The highest BCUT2D eigenvalue weighted by atomic mass is 79.9. The highest BCUT2D eigenvalue weighted by molar-refractivity contribution is 9.11. The van der Waals surface area contributed by atoms with Gasteiger partial charge < -0.3 is 0 Å². The van der Waals surface area contributed by atoms with Crippen molar-refractivity contribution in [3.05, 3.63) is 55.7 Å². The van der Waals surface area contributed by atoms with E-state index in [0.29, 0.717) is 8.95 Å². The predicted molar refractivity (Wildman–Crippen MR) is 88.8 cm³/mol. The van der Waals surface area contributed by atoms with Gasteiger partial charge in [-0.15, -0.1) is 0 Å². The van der Waals surface area contributed by atoms with E-state index >= 15 is 0 Å². The van der Waals surface area contributed by atoms with Crippen LogP contribution in [0.15, 0.2) is 44.2 Å². The van der Waals surface area contributed by atoms with Crippen molar-refractivity contribution in [3.8, 4) is 0 Å². The maximum Gasteiger partial charge on any atom is 0.263 e. The molecule has 0 aliphatic rings. The predicted octanol–water partition coefficient (Wildman–Crippen LogP) is 5.11. The quantitative estimate of drug-likeness (QED) is 0.696. The van der Waals surface area contributed by atoms with Gasteiger partial charge in [-0.25, -0.2) is 12.8 Å². The normalized spacial score (nSPS) is 11.5. The fourth-order valence-corrected chi connectivity index (χ4v) is 4.45. The molecule has 0 aromatic heterocycles. The second kappa shape index (κ2) is 6.24. The Labute approximate surface area is 143 Å². The second-order valence-corrected chi connectivity index (χ2v) is 8.03. The summed E-state index contributed by atoms with van der Waals surface area (Å²) in [5, 5.41) is -0.0720. The van der Waals surface area contributed by atoms with Crippen LogP contribution in [0.2, 0.25) is 5.02 Å². The third kappa shape index (κ3) is 3.77. The summed E-state index contributed by atoms with van der Waals surface area (Å²) in [5.74, 6) is -0.694. The number of halogens is 4. The number of sulfonamides is 1. The molecule has 0 unspecified atom stereocenters. The molecule has 3 nitrogen and oxygen atoms in total. The molecule has 0 radical (unpaired) electrons. The van der Waals surface area contributed by atoms with Gasteiger partial charge in [-0.3, -0.25) is 4.72 Å². The summed E-state index contributed by atoms with van der Waals surface area (Å²) in [4.78, 5) is 0.0512. The maximum atomic E-state index is 13.4. The summed E-state index contributed by atoms with van der Waals surface area (Å²) in [7, 11) is -3.85. The van der Waals surface area contributed by atoms with Gasteiger partial charge in [0.25, 0.3) is 10.0 Å². The Balaban J connectivity index is 2.43. The Kier molecular flexibility index (Phi) is 4.97. The number of rotatable bonds is 3. The topological polar surface area (TPSA) is 46.2 Å². The smallest absolute Gasteiger partial charge is 0.263 e. The second-order valence-electron chi connectivity index (χ2n) is 4.27. The van der Waals surface area contributed by atoms with E-state index in [-0.39, 0.29) is 15.6 Å². The Bertz CT molecular complexity index is 812. The van der Waals surface area contributed by atoms with E-state index in [4.69, 9.17) is 11.6 Å². The number of hydrogen-bond donors (Lipinski definition) is 1. The first-order valence-corrected chi connectivity index (χ1v) is 9.09. The van der Waals surface area contributed by atoms with Gasteiger partial charge >= 0.3 is 0 Å². The van der Waals surface area contributed by atoms with Crippen LogP contribution in [0.5, 0.6) is 0 Å². The Morgan fingerprint density at radius 1 is 1.14 bits per heavy atom. The van der Waals surface area contributed by atoms with Gasteiger partial charge in [-0.05, 0) is 58.7 Å². The summed E-state index contributed by atoms with van der Waals surface area (Å²) < 4.78 is 41.5. The molecular weight excluding hydrogens is 448 g/mol. The SMILES string of the molecule is Cc1cc(Br)c(S(=O)(=O)Nc2ccc(Cl)c(F)c2)cc1Br. The molecule has 21 heavy (non-hydrogen) atoms. The summed E-state index contributed by atoms with van der Waals surface area (Å²) in [6, 6.07) is 6.86. The molecule has 2 rings (SSSR count). The van der Waals surface area contributed by atoms with Gasteiger partial charge in [-0.2, -0.15) is 0 Å². The van der Waals surface area contributed by atoms with Gasteiger partial charge in [-0.1, -0.05) is 27.5 Å². The van der Waals surface area contributed by atoms with Crippen LogP contribution in [0.3, 0.4) is 0 Å². The number of benzene rings is 2. The van der Waals surface area contributed by atoms with Crippen LogP contribution in [-0.4, -0.2) is 8.42 Å². The zero-order valence-electron chi connectivity index (χ0n) is 10.6. The van der Waals surface area contributed by atoms with Crippen LogP contribution in [0, 0.1) is 12.7 Å². The molecule has 112 valence electrons. The molecule has 1 N–H and O–H groups in total. The van der Waals surface area contributed by atoms with Crippen molar-refractivity contribution in [1.82, 2.24) is 0 Å². The largest absolute Gasteiger partial charge is 0.279 e. The summed E-state index contributed by atoms with van der Waals surface area (Å²) >= 11 is 12.1. The van der Waals surface area contributed by atoms with Gasteiger partial charge in [0.2, 0.25) is 0 Å². The maximum absolute atomic E-state index is 13.4. The fourth-order valence-electron chi connectivity index (χ4n) is 1.60. The molecule has 0 fully saturated rings. The molecule has 0 atom stereocenters. The minimum atomic E-state index is -3.85. The third-order valence-corrected chi connectivity index (χ3v) is 6.18. The van der Waals surface area contributed by atoms with Crippen LogP contribution in [0.4, 0.5) is 10.1 Å². The standard InChI is InChI=1S/C13H9Br2ClFNO2S/c1-7-4-10(15)13(6-9(7)14)21(19,20)18-8-2-3-11(16)12(17)5-8/h2-6,18H,1H3. The molecule has 0 aliphatic heterocycles. The Morgan fingerprint density at radius 3 is 2.43 bits per heavy atom. The van der Waals surface area contributed by atoms with E-state index < -0.39 is 15.8 Å². The van der Waals surface area contributed by atoms with Crippen molar-refractivity contribution in [2.75, 3.05) is 4.72 Å². The lowest BCUT2D eigenvalue weighted by atomic mass is 10.2. The van der Waals surface area contributed by atoms with Gasteiger partial charge in [0, 0.05) is 8.95 Å². The number of anilines is 1. The van der Waals surface area contributed by atoms with Gasteiger partial charge in [0.1, 0.15) is 10.7 Å². The zero-order chi connectivity index (χ0) is 15.8. The average Bonchev–Trinajstić information content (AvgIpc) is 2.37. The van der Waals surface area contributed by atoms with Crippen molar-refractivity contribution in [3.63, 3.8) is 0 Å². The van der Waals surface area contributed by atoms with E-state index in [9.17, 15) is 12.8 Å². The molecular formula is C13H9Br2ClFNO2S. The average molecular weight is 458 g/mol. The number of aryl methyl sites for hydroxylation is 1. The van der Waals surface area contributed by atoms with E-state index in [1.807, 2.05) is 6.92 Å². The van der Waals surface area contributed by atoms with Gasteiger partial charge in [0.05, 0.1) is 10.7 Å². The van der Waals surface area contributed by atoms with Crippen LogP contribution in [0.25, 0.3) is 0 Å². The van der Waals surface area contributed by atoms with E-state index in [1.165, 1.54) is 18.2 Å². The molecule has 0 spiro atoms. The van der Waals surface area contributed by atoms with Crippen LogP contribution in [-0.2, 0) is 10.0 Å². The van der Waals surface area contributed by atoms with Crippen molar-refractivity contribution < 1.29 is 12.8 Å². The lowest BCUT2D eigenvalue weighted by Crippen LogP contribution is -2.14. The van der Waals surface area contributed by atoms with Crippen molar-refractivity contribution >= 4 is 59.2 Å². The van der Waals surface area contributed by atoms with E-state index in [1.54, 1.807) is 6.07 Å². The molecule has 0 bridgehead atoms. The lowest BCUT2D eigenvalue weighted by molar-refractivity contribution is 0.600. The Hall–Kier alpha value is -0.630. The van der Waals surface area contributed by atoms with Crippen molar-refractivity contribution in [2.45, 2.75) is 11.8 Å². The van der Waals surface area contributed by atoms with E-state index in [0.717, 1.165) is 11.6 Å². The zero-order valence-corrected chi connectivity index (χ0v) is 15.4. The van der Waals surface area contributed by atoms with Crippen LogP contribution in [0.1, 0.15) is 5.56 Å². The minimum Gasteiger partial charge on any atom is -0.279 e. The first-order chi connectivity index (χ1) is 9.70. The molecule has 2 aromatic rings. The highest BCUT2D eigenvalue weighted by Crippen LogP contribution is 2.30. The Morgan fingerprint density at radius 2 is 1.81 bits per heavy atom. The highest BCUT2D eigenvalue weighted by Gasteiger charge is 2.19. The molecule has 8 heteroatoms. The molecule has 0 aliphatic carbocycles. The van der Waals surface area contributed by atoms with Crippen LogP contribution >= 0.6 is 43.5 Å². The number of nitrogens with one attached hydrogen (secondary N) is 1. The third-order valence-electron chi connectivity index (χ3n) is 2.67. The molecule has 2 aromatic carbocycles. The summed E-state index contributed by atoms with van der Waals surface area (Å²) in [6.45, 7) is 1.84. The van der Waals surface area contributed by atoms with Crippen molar-refractivity contribution in [1.29, 1.82) is 0 Å². The molecule has 0 saturated carbocycles. The first kappa shape index (κ1) is 16.7. The number of hydrogen-bond acceptors (Lipinski definition) is 2. The van der Waals surface area contributed by atoms with E-state index in [2.05, 4.69) is 36.6 Å². The fraction of sp³-hybridized carbons (Fsp3) is 0.0769. The monoisotopic (exact) mass is 455 g/mol. The first-order valence-electron chi connectivity index (χ1n) is 5.64. The molecule has 0 amide bonds. The summed E-state index contributed by atoms with van der Waals surface area (Å²) in [5.41, 5.74) is 0.985. The van der Waals surface area contributed by atoms with Crippen LogP contribution < -0.4 is 4.72 Å². The molecule has 0 saturated heterocycles. The lowest BCUT2D eigenvalue weighted by Gasteiger charge is -2.11. The summed E-state index contributed by atoms with van der Waals surface area (Å²) in [6.07, 6.45) is 0. The van der Waals surface area contributed by atoms with Crippen molar-refractivity contribution in [2.24, 2.45) is 0 Å². The van der Waals surface area contributed by atoms with Gasteiger partial charge in [0.15, 0.2) is 0 Å². The molecule has 0 heterocycles. The minimum absolute atomic E-state index is 0.0512.